The molecule has 0 unspecified atom stereocenters. The number of hydrogen-bond donors (Lipinski definition) is 1. The summed E-state index contributed by atoms with van der Waals surface area (Å²) in [6, 6.07) is 12.5. The van der Waals surface area contributed by atoms with E-state index in [-0.39, 0.29) is 24.0 Å². The molecule has 2 aromatic carbocycles. The van der Waals surface area contributed by atoms with Gasteiger partial charge in [0.15, 0.2) is 5.60 Å². The fourth-order valence-corrected chi connectivity index (χ4v) is 3.74. The Hall–Kier alpha value is -3.23. The van der Waals surface area contributed by atoms with Crippen LogP contribution in [0.4, 0.5) is 13.2 Å². The fraction of sp³-hybridized carbons (Fsp3) is 0.417. The molecule has 0 radical (unpaired) electrons. The number of amides is 1. The van der Waals surface area contributed by atoms with E-state index in [0.29, 0.717) is 24.4 Å². The first-order chi connectivity index (χ1) is 15.4. The lowest BCUT2D eigenvalue weighted by Crippen LogP contribution is -2.40. The predicted octanol–water partition coefficient (Wildman–Crippen LogP) is 4.78. The van der Waals surface area contributed by atoms with Gasteiger partial charge in [0.25, 0.3) is 0 Å². The van der Waals surface area contributed by atoms with E-state index in [0.717, 1.165) is 18.4 Å². The summed E-state index contributed by atoms with van der Waals surface area (Å²) in [5.74, 6) is -0.986. The van der Waals surface area contributed by atoms with Gasteiger partial charge in [0, 0.05) is 19.0 Å². The largest absolute Gasteiger partial charge is 0.573 e. The van der Waals surface area contributed by atoms with Gasteiger partial charge >= 0.3 is 12.3 Å². The summed E-state index contributed by atoms with van der Waals surface area (Å²) in [6.45, 7) is 4.06. The first kappa shape index (κ1) is 24.4. The summed E-state index contributed by atoms with van der Waals surface area (Å²) >= 11 is 0. The van der Waals surface area contributed by atoms with Crippen LogP contribution in [0.1, 0.15) is 43.7 Å². The second-order valence-electron chi connectivity index (χ2n) is 8.54. The molecule has 1 fully saturated rings. The zero-order chi connectivity index (χ0) is 24.2. The number of hydrogen-bond acceptors (Lipinski definition) is 4. The molecule has 0 aliphatic carbocycles. The maximum atomic E-state index is 12.8. The van der Waals surface area contributed by atoms with Crippen molar-refractivity contribution in [3.63, 3.8) is 0 Å². The van der Waals surface area contributed by atoms with Gasteiger partial charge in [0.1, 0.15) is 11.5 Å². The molecule has 33 heavy (non-hydrogen) atoms. The van der Waals surface area contributed by atoms with Crippen LogP contribution in [0.15, 0.2) is 48.5 Å². The number of aliphatic carboxylic acids is 1. The van der Waals surface area contributed by atoms with E-state index in [1.54, 1.807) is 17.0 Å². The van der Waals surface area contributed by atoms with E-state index in [2.05, 4.69) is 4.74 Å². The number of benzene rings is 2. The molecule has 9 heteroatoms. The molecular formula is C24H26F3NO5. The molecule has 1 heterocycles. The minimum Gasteiger partial charge on any atom is -0.478 e. The molecule has 1 atom stereocenters. The van der Waals surface area contributed by atoms with Crippen molar-refractivity contribution in [1.29, 1.82) is 0 Å². The Labute approximate surface area is 189 Å². The van der Waals surface area contributed by atoms with Crippen LogP contribution in [0.2, 0.25) is 0 Å². The van der Waals surface area contributed by atoms with Crippen LogP contribution < -0.4 is 9.47 Å². The van der Waals surface area contributed by atoms with Crippen molar-refractivity contribution in [2.45, 2.75) is 51.0 Å². The molecule has 1 aliphatic rings. The first-order valence-electron chi connectivity index (χ1n) is 10.6. The molecule has 1 amide bonds. The zero-order valence-electron chi connectivity index (χ0n) is 18.4. The van der Waals surface area contributed by atoms with Gasteiger partial charge in [-0.2, -0.15) is 0 Å². The minimum atomic E-state index is -4.76. The highest BCUT2D eigenvalue weighted by molar-refractivity contribution is 5.79. The molecule has 1 N–H and O–H groups in total. The number of carbonyl (C=O) groups excluding carboxylic acids is 1. The number of ether oxygens (including phenoxy) is 2. The number of carbonyl (C=O) groups is 2. The molecule has 2 aromatic rings. The Balaban J connectivity index is 1.63. The summed E-state index contributed by atoms with van der Waals surface area (Å²) in [7, 11) is 0. The van der Waals surface area contributed by atoms with Gasteiger partial charge in [0.2, 0.25) is 5.91 Å². The van der Waals surface area contributed by atoms with Crippen molar-refractivity contribution >= 4 is 11.9 Å². The normalized spacial score (nSPS) is 16.9. The summed E-state index contributed by atoms with van der Waals surface area (Å²) in [4.78, 5) is 25.9. The second-order valence-corrected chi connectivity index (χ2v) is 8.54. The van der Waals surface area contributed by atoms with Gasteiger partial charge in [-0.1, -0.05) is 24.3 Å². The van der Waals surface area contributed by atoms with Crippen LogP contribution in [-0.2, 0) is 16.0 Å². The van der Waals surface area contributed by atoms with E-state index in [9.17, 15) is 27.9 Å². The van der Waals surface area contributed by atoms with Gasteiger partial charge in [0.05, 0.1) is 6.42 Å². The van der Waals surface area contributed by atoms with Gasteiger partial charge in [-0.25, -0.2) is 4.79 Å². The second kappa shape index (κ2) is 9.72. The fourth-order valence-electron chi connectivity index (χ4n) is 3.74. The number of nitrogens with zero attached hydrogens (tertiary/aromatic N) is 1. The van der Waals surface area contributed by atoms with Gasteiger partial charge in [-0.15, -0.1) is 13.2 Å². The van der Waals surface area contributed by atoms with E-state index in [1.807, 2.05) is 12.1 Å². The lowest BCUT2D eigenvalue weighted by atomic mass is 9.90. The number of likely N-dealkylation sites (tertiary alicyclic amines) is 1. The Morgan fingerprint density at radius 1 is 1.06 bits per heavy atom. The number of carboxylic acids is 1. The van der Waals surface area contributed by atoms with Crippen molar-refractivity contribution in [2.75, 3.05) is 13.1 Å². The number of alkyl halides is 3. The topological polar surface area (TPSA) is 76.1 Å². The maximum absolute atomic E-state index is 12.8. The van der Waals surface area contributed by atoms with Gasteiger partial charge in [-0.05, 0) is 62.1 Å². The molecule has 6 nitrogen and oxygen atoms in total. The Morgan fingerprint density at radius 2 is 1.76 bits per heavy atom. The number of halogens is 3. The van der Waals surface area contributed by atoms with E-state index < -0.39 is 17.9 Å². The average Bonchev–Trinajstić information content (AvgIpc) is 2.74. The van der Waals surface area contributed by atoms with E-state index in [1.165, 1.54) is 38.1 Å². The van der Waals surface area contributed by atoms with Crippen LogP contribution in [0.25, 0.3) is 0 Å². The third-order valence-electron chi connectivity index (χ3n) is 5.50. The molecule has 0 bridgehead atoms. The maximum Gasteiger partial charge on any atom is 0.573 e. The Morgan fingerprint density at radius 3 is 2.39 bits per heavy atom. The SMILES string of the molecule is CC(C)(Oc1cccc([C@@H]2CCCN(C(=O)Cc3ccc(OC(F)(F)F)cc3)C2)c1)C(=O)O. The number of carboxylic acid groups (broad SMARTS) is 1. The van der Waals surface area contributed by atoms with Crippen molar-refractivity contribution in [3.05, 3.63) is 59.7 Å². The first-order valence-corrected chi connectivity index (χ1v) is 10.6. The highest BCUT2D eigenvalue weighted by Gasteiger charge is 2.31. The molecular weight excluding hydrogens is 439 g/mol. The van der Waals surface area contributed by atoms with Crippen LogP contribution in [-0.4, -0.2) is 46.9 Å². The molecule has 0 aromatic heterocycles. The summed E-state index contributed by atoms with van der Waals surface area (Å²) in [5.41, 5.74) is 0.191. The minimum absolute atomic E-state index is 0.0711. The summed E-state index contributed by atoms with van der Waals surface area (Å²) in [5, 5.41) is 9.28. The Bertz CT molecular complexity index is 988. The molecule has 1 saturated heterocycles. The molecule has 0 spiro atoms. The van der Waals surface area contributed by atoms with Crippen LogP contribution >= 0.6 is 0 Å². The highest BCUT2D eigenvalue weighted by atomic mass is 19.4. The van der Waals surface area contributed by atoms with Crippen molar-refractivity contribution < 1.29 is 37.3 Å². The average molecular weight is 465 g/mol. The van der Waals surface area contributed by atoms with Gasteiger partial charge < -0.3 is 19.5 Å². The quantitative estimate of drug-likeness (QED) is 0.637. The number of rotatable bonds is 7. The predicted molar refractivity (Wildman–Crippen MR) is 114 cm³/mol. The van der Waals surface area contributed by atoms with E-state index in [4.69, 9.17) is 4.74 Å². The summed E-state index contributed by atoms with van der Waals surface area (Å²) in [6.07, 6.45) is -3.00. The Kier molecular flexibility index (Phi) is 7.19. The van der Waals surface area contributed by atoms with Crippen molar-refractivity contribution in [3.8, 4) is 11.5 Å². The summed E-state index contributed by atoms with van der Waals surface area (Å²) < 4.78 is 46.4. The van der Waals surface area contributed by atoms with Gasteiger partial charge in [-0.3, -0.25) is 4.79 Å². The molecule has 3 rings (SSSR count). The van der Waals surface area contributed by atoms with Crippen LogP contribution in [0, 0.1) is 0 Å². The lowest BCUT2D eigenvalue weighted by Gasteiger charge is -2.33. The molecule has 0 saturated carbocycles. The highest BCUT2D eigenvalue weighted by Crippen LogP contribution is 2.31. The molecule has 178 valence electrons. The van der Waals surface area contributed by atoms with E-state index >= 15 is 0 Å². The lowest BCUT2D eigenvalue weighted by molar-refractivity contribution is -0.274. The van der Waals surface area contributed by atoms with Crippen LogP contribution in [0.3, 0.4) is 0 Å². The standard InChI is InChI=1S/C24H26F3NO5/c1-23(2,22(30)31)32-20-7-3-5-17(14-20)18-6-4-12-28(15-18)21(29)13-16-8-10-19(11-9-16)33-24(25,26)27/h3,5,7-11,14,18H,4,6,12-13,15H2,1-2H3,(H,30,31)/t18-/m1/s1. The van der Waals surface area contributed by atoms with Crippen molar-refractivity contribution in [2.24, 2.45) is 0 Å². The smallest absolute Gasteiger partial charge is 0.478 e. The molecule has 1 aliphatic heterocycles. The zero-order valence-corrected chi connectivity index (χ0v) is 18.4. The third-order valence-corrected chi connectivity index (χ3v) is 5.50. The monoisotopic (exact) mass is 465 g/mol. The third kappa shape index (κ3) is 6.87. The van der Waals surface area contributed by atoms with Crippen LogP contribution in [0.5, 0.6) is 11.5 Å². The number of piperidine rings is 1. The van der Waals surface area contributed by atoms with Crippen molar-refractivity contribution in [1.82, 2.24) is 4.90 Å².